The van der Waals surface area contributed by atoms with Crippen LogP contribution in [0.15, 0.2) is 48.5 Å². The molecule has 2 aromatic carbocycles. The highest BCUT2D eigenvalue weighted by Crippen LogP contribution is 2.23. The highest BCUT2D eigenvalue weighted by atomic mass is 16.5. The highest BCUT2D eigenvalue weighted by Gasteiger charge is 2.11. The van der Waals surface area contributed by atoms with E-state index in [0.717, 1.165) is 22.4 Å². The molecule has 0 fully saturated rings. The number of para-hydroxylation sites is 1. The van der Waals surface area contributed by atoms with Crippen molar-refractivity contribution >= 4 is 0 Å². The Morgan fingerprint density at radius 3 is 2.24 bits per heavy atom. The van der Waals surface area contributed by atoms with Crippen molar-refractivity contribution in [3.8, 4) is 5.75 Å². The first kappa shape index (κ1) is 15.5. The highest BCUT2D eigenvalue weighted by molar-refractivity contribution is 5.39. The van der Waals surface area contributed by atoms with Crippen LogP contribution in [0.2, 0.25) is 0 Å². The molecule has 2 rings (SSSR count). The average Bonchev–Trinajstić information content (AvgIpc) is 2.49. The number of aliphatic hydroxyl groups is 1. The van der Waals surface area contributed by atoms with Gasteiger partial charge in [-0.3, -0.25) is 5.32 Å². The zero-order chi connectivity index (χ0) is 15.2. The van der Waals surface area contributed by atoms with Crippen molar-refractivity contribution in [2.45, 2.75) is 33.1 Å². The van der Waals surface area contributed by atoms with Crippen molar-refractivity contribution in [3.63, 3.8) is 0 Å². The fraction of sp³-hybridized carbons (Fsp3) is 0.333. The monoisotopic (exact) mass is 285 g/mol. The van der Waals surface area contributed by atoms with Gasteiger partial charge in [0.2, 0.25) is 0 Å². The van der Waals surface area contributed by atoms with Gasteiger partial charge in [0, 0.05) is 6.54 Å². The van der Waals surface area contributed by atoms with Crippen LogP contribution in [0.3, 0.4) is 0 Å². The van der Waals surface area contributed by atoms with E-state index in [1.54, 1.807) is 0 Å². The smallest absolute Gasteiger partial charge is 0.147 e. The van der Waals surface area contributed by atoms with Gasteiger partial charge >= 0.3 is 0 Å². The van der Waals surface area contributed by atoms with Crippen LogP contribution >= 0.6 is 0 Å². The topological polar surface area (TPSA) is 41.5 Å². The third-order valence-electron chi connectivity index (χ3n) is 3.49. The predicted molar refractivity (Wildman–Crippen MR) is 85.4 cm³/mol. The molecule has 0 amide bonds. The number of rotatable bonds is 6. The number of nitrogens with one attached hydrogen (secondary N) is 1. The van der Waals surface area contributed by atoms with Crippen molar-refractivity contribution in [3.05, 3.63) is 65.2 Å². The van der Waals surface area contributed by atoms with E-state index in [2.05, 4.69) is 5.32 Å². The zero-order valence-electron chi connectivity index (χ0n) is 12.8. The molecule has 0 spiro atoms. The summed E-state index contributed by atoms with van der Waals surface area (Å²) in [6.07, 6.45) is -0.696. The van der Waals surface area contributed by atoms with E-state index in [-0.39, 0.29) is 6.23 Å². The first-order valence-electron chi connectivity index (χ1n) is 7.27. The van der Waals surface area contributed by atoms with E-state index >= 15 is 0 Å². The van der Waals surface area contributed by atoms with Crippen LogP contribution in [0.1, 0.15) is 29.7 Å². The standard InChI is InChI=1S/C18H23NO2/c1-13-8-7-9-14(2)18(13)21-15(3)19-12-17(20)16-10-5-4-6-11-16/h4-11,15,17,19-20H,12H2,1-3H3. The van der Waals surface area contributed by atoms with Gasteiger partial charge in [0.1, 0.15) is 12.0 Å². The molecule has 2 unspecified atom stereocenters. The molecule has 21 heavy (non-hydrogen) atoms. The van der Waals surface area contributed by atoms with Gasteiger partial charge in [0.25, 0.3) is 0 Å². The van der Waals surface area contributed by atoms with Crippen LogP contribution < -0.4 is 10.1 Å². The molecule has 2 atom stereocenters. The SMILES string of the molecule is Cc1cccc(C)c1OC(C)NCC(O)c1ccccc1. The van der Waals surface area contributed by atoms with Gasteiger partial charge < -0.3 is 9.84 Å². The molecule has 112 valence electrons. The van der Waals surface area contributed by atoms with E-state index in [1.165, 1.54) is 0 Å². The molecule has 3 heteroatoms. The summed E-state index contributed by atoms with van der Waals surface area (Å²) in [6, 6.07) is 15.7. The van der Waals surface area contributed by atoms with Gasteiger partial charge in [0.15, 0.2) is 0 Å². The number of hydrogen-bond donors (Lipinski definition) is 2. The predicted octanol–water partition coefficient (Wildman–Crippen LogP) is 3.35. The quantitative estimate of drug-likeness (QED) is 0.800. The van der Waals surface area contributed by atoms with Crippen LogP contribution in [0.25, 0.3) is 0 Å². The number of aliphatic hydroxyl groups excluding tert-OH is 1. The summed E-state index contributed by atoms with van der Waals surface area (Å²) in [4.78, 5) is 0. The molecular weight excluding hydrogens is 262 g/mol. The fourth-order valence-corrected chi connectivity index (χ4v) is 2.27. The van der Waals surface area contributed by atoms with Gasteiger partial charge in [0.05, 0.1) is 6.10 Å². The lowest BCUT2D eigenvalue weighted by Gasteiger charge is -2.21. The Kier molecular flexibility index (Phi) is 5.37. The minimum Gasteiger partial charge on any atom is -0.475 e. The maximum absolute atomic E-state index is 10.1. The first-order valence-corrected chi connectivity index (χ1v) is 7.27. The van der Waals surface area contributed by atoms with Gasteiger partial charge in [-0.05, 0) is 37.5 Å². The van der Waals surface area contributed by atoms with Crippen molar-refractivity contribution in [2.24, 2.45) is 0 Å². The molecule has 0 saturated carbocycles. The Hall–Kier alpha value is -1.84. The maximum atomic E-state index is 10.1. The van der Waals surface area contributed by atoms with Crippen molar-refractivity contribution in [1.82, 2.24) is 5.32 Å². The molecule has 3 nitrogen and oxygen atoms in total. The third-order valence-corrected chi connectivity index (χ3v) is 3.49. The number of benzene rings is 2. The molecule has 0 aliphatic carbocycles. The molecular formula is C18H23NO2. The Labute approximate surface area is 126 Å². The molecule has 0 aliphatic rings. The van der Waals surface area contributed by atoms with E-state index in [0.29, 0.717) is 6.54 Å². The Morgan fingerprint density at radius 2 is 1.62 bits per heavy atom. The van der Waals surface area contributed by atoms with Gasteiger partial charge in [-0.25, -0.2) is 0 Å². The summed E-state index contributed by atoms with van der Waals surface area (Å²) in [5.74, 6) is 0.909. The number of hydrogen-bond acceptors (Lipinski definition) is 3. The molecule has 2 N–H and O–H groups in total. The lowest BCUT2D eigenvalue weighted by atomic mass is 10.1. The van der Waals surface area contributed by atoms with Gasteiger partial charge in [-0.15, -0.1) is 0 Å². The van der Waals surface area contributed by atoms with Crippen LogP contribution in [-0.2, 0) is 0 Å². The molecule has 0 saturated heterocycles. The molecule has 0 heterocycles. The normalized spacial score (nSPS) is 13.7. The van der Waals surface area contributed by atoms with Crippen LogP contribution in [0, 0.1) is 13.8 Å². The molecule has 2 aromatic rings. The fourth-order valence-electron chi connectivity index (χ4n) is 2.27. The molecule has 0 aromatic heterocycles. The Bertz CT molecular complexity index is 548. The number of aryl methyl sites for hydroxylation is 2. The molecule has 0 aliphatic heterocycles. The largest absolute Gasteiger partial charge is 0.475 e. The van der Waals surface area contributed by atoms with Gasteiger partial charge in [-0.1, -0.05) is 48.5 Å². The molecule has 0 radical (unpaired) electrons. The summed E-state index contributed by atoms with van der Waals surface area (Å²) in [6.45, 7) is 6.47. The van der Waals surface area contributed by atoms with E-state index in [4.69, 9.17) is 4.74 Å². The zero-order valence-corrected chi connectivity index (χ0v) is 12.8. The second-order valence-corrected chi connectivity index (χ2v) is 5.32. The van der Waals surface area contributed by atoms with E-state index in [9.17, 15) is 5.11 Å². The second-order valence-electron chi connectivity index (χ2n) is 5.32. The second kappa shape index (κ2) is 7.25. The first-order chi connectivity index (χ1) is 10.1. The summed E-state index contributed by atoms with van der Waals surface area (Å²) in [5.41, 5.74) is 3.14. The minimum absolute atomic E-state index is 0.164. The third kappa shape index (κ3) is 4.31. The summed E-state index contributed by atoms with van der Waals surface area (Å²) in [7, 11) is 0. The Balaban J connectivity index is 1.89. The van der Waals surface area contributed by atoms with Crippen molar-refractivity contribution in [1.29, 1.82) is 0 Å². The average molecular weight is 285 g/mol. The summed E-state index contributed by atoms with van der Waals surface area (Å²) >= 11 is 0. The van der Waals surface area contributed by atoms with E-state index < -0.39 is 6.10 Å². The lowest BCUT2D eigenvalue weighted by molar-refractivity contribution is 0.127. The summed E-state index contributed by atoms with van der Waals surface area (Å²) in [5, 5.41) is 13.3. The molecule has 0 bridgehead atoms. The Morgan fingerprint density at radius 1 is 1.00 bits per heavy atom. The summed E-state index contributed by atoms with van der Waals surface area (Å²) < 4.78 is 5.94. The lowest BCUT2D eigenvalue weighted by Crippen LogP contribution is -2.35. The van der Waals surface area contributed by atoms with Gasteiger partial charge in [-0.2, -0.15) is 0 Å². The van der Waals surface area contributed by atoms with E-state index in [1.807, 2.05) is 69.3 Å². The van der Waals surface area contributed by atoms with Crippen LogP contribution in [0.5, 0.6) is 5.75 Å². The van der Waals surface area contributed by atoms with Crippen LogP contribution in [-0.4, -0.2) is 17.9 Å². The minimum atomic E-state index is -0.532. The number of ether oxygens (including phenoxy) is 1. The van der Waals surface area contributed by atoms with Crippen molar-refractivity contribution in [2.75, 3.05) is 6.54 Å². The maximum Gasteiger partial charge on any atom is 0.147 e. The van der Waals surface area contributed by atoms with Crippen molar-refractivity contribution < 1.29 is 9.84 Å². The van der Waals surface area contributed by atoms with Crippen LogP contribution in [0.4, 0.5) is 0 Å².